The van der Waals surface area contributed by atoms with E-state index >= 15 is 0 Å². The normalized spacial score (nSPS) is 18.2. The number of rotatable bonds is 3. The Morgan fingerprint density at radius 1 is 1.43 bits per heavy atom. The first-order chi connectivity index (χ1) is 9.84. The van der Waals surface area contributed by atoms with Crippen LogP contribution in [0.25, 0.3) is 0 Å². The predicted molar refractivity (Wildman–Crippen MR) is 86.6 cm³/mol. The Hall–Kier alpha value is -1.66. The molecule has 0 bridgehead atoms. The molecular formula is C15H21N3O2S. The third-order valence-corrected chi connectivity index (χ3v) is 4.51. The summed E-state index contributed by atoms with van der Waals surface area (Å²) < 4.78 is 0. The van der Waals surface area contributed by atoms with E-state index in [1.807, 2.05) is 7.05 Å². The number of phenols is 1. The summed E-state index contributed by atoms with van der Waals surface area (Å²) in [7, 11) is 2.04. The third-order valence-electron chi connectivity index (χ3n) is 4.12. The van der Waals surface area contributed by atoms with Crippen LogP contribution in [0.15, 0.2) is 18.2 Å². The smallest absolute Gasteiger partial charge is 0.252 e. The minimum atomic E-state index is -0.622. The highest BCUT2D eigenvalue weighted by atomic mass is 32.1. The molecule has 1 aromatic rings. The molecule has 0 saturated carbocycles. The molecule has 6 heteroatoms. The summed E-state index contributed by atoms with van der Waals surface area (Å²) in [5, 5.41) is 12.4. The van der Waals surface area contributed by atoms with Crippen molar-refractivity contribution in [3.63, 3.8) is 0 Å². The van der Waals surface area contributed by atoms with Gasteiger partial charge in [-0.2, -0.15) is 0 Å². The summed E-state index contributed by atoms with van der Waals surface area (Å²) in [6.45, 7) is 3.47. The molecule has 1 fully saturated rings. The molecule has 0 radical (unpaired) electrons. The zero-order valence-corrected chi connectivity index (χ0v) is 13.2. The van der Waals surface area contributed by atoms with E-state index in [2.05, 4.69) is 10.2 Å². The predicted octanol–water partition coefficient (Wildman–Crippen LogP) is 1.18. The summed E-state index contributed by atoms with van der Waals surface area (Å²) in [5.41, 5.74) is 6.52. The van der Waals surface area contributed by atoms with Crippen molar-refractivity contribution in [3.05, 3.63) is 29.3 Å². The van der Waals surface area contributed by atoms with Crippen LogP contribution in [0.1, 0.15) is 28.8 Å². The molecule has 1 aliphatic heterocycles. The third kappa shape index (κ3) is 3.33. The topological polar surface area (TPSA) is 78.6 Å². The summed E-state index contributed by atoms with van der Waals surface area (Å²) in [6.07, 6.45) is 1.42. The fourth-order valence-corrected chi connectivity index (χ4v) is 2.88. The maximum atomic E-state index is 12.5. The van der Waals surface area contributed by atoms with Gasteiger partial charge >= 0.3 is 0 Å². The van der Waals surface area contributed by atoms with Crippen LogP contribution in [0.3, 0.4) is 0 Å². The summed E-state index contributed by atoms with van der Waals surface area (Å²) in [4.78, 5) is 15.0. The van der Waals surface area contributed by atoms with E-state index in [-0.39, 0.29) is 11.7 Å². The second kappa shape index (κ2) is 5.99. The van der Waals surface area contributed by atoms with E-state index in [0.717, 1.165) is 18.7 Å². The van der Waals surface area contributed by atoms with Crippen molar-refractivity contribution >= 4 is 23.1 Å². The number of aromatic hydroxyl groups is 1. The van der Waals surface area contributed by atoms with Gasteiger partial charge in [-0.15, -0.1) is 0 Å². The standard InChI is InChI=1S/C15H21N3O2S/c1-10-9-11(19)3-4-12(10)13(20)17-15(14(16)21)5-7-18(2)8-6-15/h3-4,9,19H,5-8H2,1-2H3,(H2,16,21)(H,17,20). The van der Waals surface area contributed by atoms with E-state index in [1.54, 1.807) is 19.1 Å². The summed E-state index contributed by atoms with van der Waals surface area (Å²) in [6, 6.07) is 4.68. The molecule has 1 aromatic carbocycles. The lowest BCUT2D eigenvalue weighted by atomic mass is 9.87. The highest BCUT2D eigenvalue weighted by molar-refractivity contribution is 7.80. The van der Waals surface area contributed by atoms with Crippen LogP contribution in [-0.2, 0) is 0 Å². The van der Waals surface area contributed by atoms with Crippen molar-refractivity contribution in [1.82, 2.24) is 10.2 Å². The number of nitrogens with two attached hydrogens (primary N) is 1. The quantitative estimate of drug-likeness (QED) is 0.731. The fourth-order valence-electron chi connectivity index (χ4n) is 2.62. The number of nitrogens with one attached hydrogen (secondary N) is 1. The Bertz CT molecular complexity index is 566. The van der Waals surface area contributed by atoms with Crippen molar-refractivity contribution in [3.8, 4) is 5.75 Å². The second-order valence-corrected chi connectivity index (χ2v) is 6.14. The first-order valence-electron chi connectivity index (χ1n) is 6.95. The van der Waals surface area contributed by atoms with Gasteiger partial charge in [-0.25, -0.2) is 0 Å². The monoisotopic (exact) mass is 307 g/mol. The number of nitrogens with zero attached hydrogens (tertiary/aromatic N) is 1. The molecule has 0 atom stereocenters. The zero-order valence-electron chi connectivity index (χ0n) is 12.3. The Balaban J connectivity index is 2.21. The first-order valence-corrected chi connectivity index (χ1v) is 7.35. The van der Waals surface area contributed by atoms with Crippen LogP contribution in [0.4, 0.5) is 0 Å². The number of benzene rings is 1. The van der Waals surface area contributed by atoms with Gasteiger partial charge in [0.25, 0.3) is 5.91 Å². The second-order valence-electron chi connectivity index (χ2n) is 5.70. The van der Waals surface area contributed by atoms with E-state index in [1.165, 1.54) is 6.07 Å². The molecule has 1 saturated heterocycles. The van der Waals surface area contributed by atoms with Gasteiger partial charge in [-0.05, 0) is 50.6 Å². The number of carbonyl (C=O) groups excluding carboxylic acids is 1. The number of aryl methyl sites for hydroxylation is 1. The molecule has 4 N–H and O–H groups in total. The van der Waals surface area contributed by atoms with Crippen molar-refractivity contribution in [2.24, 2.45) is 5.73 Å². The minimum absolute atomic E-state index is 0.146. The highest BCUT2D eigenvalue weighted by Crippen LogP contribution is 2.24. The number of thiocarbonyl (C=S) groups is 1. The van der Waals surface area contributed by atoms with Crippen molar-refractivity contribution in [2.75, 3.05) is 20.1 Å². The highest BCUT2D eigenvalue weighted by Gasteiger charge is 2.38. The minimum Gasteiger partial charge on any atom is -0.508 e. The zero-order chi connectivity index (χ0) is 15.6. The molecule has 5 nitrogen and oxygen atoms in total. The Morgan fingerprint density at radius 3 is 2.57 bits per heavy atom. The number of carbonyl (C=O) groups is 1. The van der Waals surface area contributed by atoms with E-state index in [4.69, 9.17) is 18.0 Å². The molecule has 21 heavy (non-hydrogen) atoms. The Kier molecular flexibility index (Phi) is 4.49. The molecule has 2 rings (SSSR count). The van der Waals surface area contributed by atoms with Gasteiger partial charge < -0.3 is 21.1 Å². The van der Waals surface area contributed by atoms with E-state index in [9.17, 15) is 9.90 Å². The molecule has 1 amide bonds. The molecule has 0 aromatic heterocycles. The average molecular weight is 307 g/mol. The summed E-state index contributed by atoms with van der Waals surface area (Å²) in [5.74, 6) is -0.0581. The first kappa shape index (κ1) is 15.7. The molecule has 1 aliphatic rings. The maximum absolute atomic E-state index is 12.5. The largest absolute Gasteiger partial charge is 0.508 e. The average Bonchev–Trinajstić information content (AvgIpc) is 2.41. The number of likely N-dealkylation sites (tertiary alicyclic amines) is 1. The van der Waals surface area contributed by atoms with Crippen molar-refractivity contribution < 1.29 is 9.90 Å². The van der Waals surface area contributed by atoms with Crippen LogP contribution >= 0.6 is 12.2 Å². The van der Waals surface area contributed by atoms with Gasteiger partial charge in [0.2, 0.25) is 0 Å². The molecular weight excluding hydrogens is 286 g/mol. The van der Waals surface area contributed by atoms with E-state index in [0.29, 0.717) is 23.4 Å². The SMILES string of the molecule is Cc1cc(O)ccc1C(=O)NC1(C(N)=S)CCN(C)CC1. The lowest BCUT2D eigenvalue weighted by Crippen LogP contribution is -2.61. The van der Waals surface area contributed by atoms with Crippen LogP contribution in [0, 0.1) is 6.92 Å². The molecule has 0 aliphatic carbocycles. The van der Waals surface area contributed by atoms with Gasteiger partial charge in [-0.1, -0.05) is 12.2 Å². The lowest BCUT2D eigenvalue weighted by molar-refractivity contribution is 0.0889. The number of piperidine rings is 1. The van der Waals surface area contributed by atoms with Crippen LogP contribution in [0.5, 0.6) is 5.75 Å². The lowest BCUT2D eigenvalue weighted by Gasteiger charge is -2.40. The van der Waals surface area contributed by atoms with Gasteiger partial charge in [-0.3, -0.25) is 4.79 Å². The van der Waals surface area contributed by atoms with Crippen LogP contribution in [0.2, 0.25) is 0 Å². The summed E-state index contributed by atoms with van der Waals surface area (Å²) >= 11 is 5.19. The number of hydrogen-bond acceptors (Lipinski definition) is 4. The fraction of sp³-hybridized carbons (Fsp3) is 0.467. The van der Waals surface area contributed by atoms with E-state index < -0.39 is 5.54 Å². The maximum Gasteiger partial charge on any atom is 0.252 e. The molecule has 0 unspecified atom stereocenters. The van der Waals surface area contributed by atoms with Gasteiger partial charge in [0.1, 0.15) is 5.75 Å². The molecule has 0 spiro atoms. The van der Waals surface area contributed by atoms with Gasteiger partial charge in [0, 0.05) is 18.7 Å². The molecule has 114 valence electrons. The number of phenolic OH excluding ortho intramolecular Hbond substituents is 1. The molecule has 1 heterocycles. The number of hydrogen-bond donors (Lipinski definition) is 3. The van der Waals surface area contributed by atoms with Crippen molar-refractivity contribution in [2.45, 2.75) is 25.3 Å². The number of amides is 1. The van der Waals surface area contributed by atoms with Crippen molar-refractivity contribution in [1.29, 1.82) is 0 Å². The van der Waals surface area contributed by atoms with Crippen LogP contribution < -0.4 is 11.1 Å². The Labute approximate surface area is 130 Å². The van der Waals surface area contributed by atoms with Crippen LogP contribution in [-0.4, -0.2) is 46.6 Å². The van der Waals surface area contributed by atoms with Gasteiger partial charge in [0.15, 0.2) is 0 Å². The Morgan fingerprint density at radius 2 is 2.05 bits per heavy atom. The van der Waals surface area contributed by atoms with Gasteiger partial charge in [0.05, 0.1) is 10.5 Å².